The molecule has 3 aromatic rings. The van der Waals surface area contributed by atoms with Gasteiger partial charge in [0.15, 0.2) is 11.0 Å². The summed E-state index contributed by atoms with van der Waals surface area (Å²) in [5.74, 6) is 2.34. The number of thioether (sulfide) groups is 1. The van der Waals surface area contributed by atoms with E-state index in [0.29, 0.717) is 11.0 Å². The number of methoxy groups -OCH3 is 1. The summed E-state index contributed by atoms with van der Waals surface area (Å²) in [4.78, 5) is 12.4. The molecule has 9 heteroatoms. The van der Waals surface area contributed by atoms with Crippen LogP contribution in [0.2, 0.25) is 0 Å². The fourth-order valence-corrected chi connectivity index (χ4v) is 4.49. The third-order valence-corrected chi connectivity index (χ3v) is 6.09. The van der Waals surface area contributed by atoms with Crippen LogP contribution in [0, 0.1) is 17.4 Å². The zero-order chi connectivity index (χ0) is 21.7. The maximum absolute atomic E-state index is 12.4. The molecule has 0 aliphatic heterocycles. The lowest BCUT2D eigenvalue weighted by molar-refractivity contribution is -0.113. The third-order valence-electron chi connectivity index (χ3n) is 4.45. The molecule has 0 spiro atoms. The van der Waals surface area contributed by atoms with Crippen LogP contribution >= 0.6 is 34.4 Å². The largest absolute Gasteiger partial charge is 0.497 e. The Morgan fingerprint density at radius 2 is 1.77 bits per heavy atom. The van der Waals surface area contributed by atoms with Crippen LogP contribution in [0.3, 0.4) is 0 Å². The van der Waals surface area contributed by atoms with E-state index in [1.165, 1.54) is 11.8 Å². The van der Waals surface area contributed by atoms with Gasteiger partial charge in [0.2, 0.25) is 5.91 Å². The smallest absolute Gasteiger partial charge is 0.234 e. The standard InChI is InChI=1S/C21H23IN4O3S/c1-13-9-15(22)10-14(2)20(13)23-19(27)12-30-21-25-24-18(26(21)3)11-29-17-7-5-16(28-4)6-8-17/h5-10H,11-12H2,1-4H3,(H,23,27). The van der Waals surface area contributed by atoms with Crippen LogP contribution in [0.5, 0.6) is 11.5 Å². The number of amides is 1. The molecule has 0 fully saturated rings. The summed E-state index contributed by atoms with van der Waals surface area (Å²) in [6.45, 7) is 4.27. The molecule has 7 nitrogen and oxygen atoms in total. The first-order valence-corrected chi connectivity index (χ1v) is 11.3. The number of nitrogens with zero attached hydrogens (tertiary/aromatic N) is 3. The SMILES string of the molecule is COc1ccc(OCc2nnc(SCC(=O)Nc3c(C)cc(I)cc3C)n2C)cc1. The molecule has 30 heavy (non-hydrogen) atoms. The van der Waals surface area contributed by atoms with Crippen molar-refractivity contribution in [2.45, 2.75) is 25.6 Å². The highest BCUT2D eigenvalue weighted by molar-refractivity contribution is 14.1. The Morgan fingerprint density at radius 1 is 1.13 bits per heavy atom. The van der Waals surface area contributed by atoms with Crippen molar-refractivity contribution in [1.82, 2.24) is 14.8 Å². The maximum atomic E-state index is 12.4. The van der Waals surface area contributed by atoms with E-state index in [-0.39, 0.29) is 18.3 Å². The van der Waals surface area contributed by atoms with E-state index in [4.69, 9.17) is 9.47 Å². The second-order valence-electron chi connectivity index (χ2n) is 6.67. The lowest BCUT2D eigenvalue weighted by Gasteiger charge is -2.12. The van der Waals surface area contributed by atoms with Gasteiger partial charge in [0.1, 0.15) is 18.1 Å². The Balaban J connectivity index is 1.55. The van der Waals surface area contributed by atoms with E-state index < -0.39 is 0 Å². The lowest BCUT2D eigenvalue weighted by Crippen LogP contribution is -2.16. The second-order valence-corrected chi connectivity index (χ2v) is 8.86. The molecule has 1 amide bonds. The number of hydrogen-bond acceptors (Lipinski definition) is 6. The molecule has 0 aliphatic carbocycles. The van der Waals surface area contributed by atoms with E-state index in [9.17, 15) is 4.79 Å². The van der Waals surface area contributed by atoms with E-state index in [0.717, 1.165) is 31.9 Å². The molecule has 0 unspecified atom stereocenters. The topological polar surface area (TPSA) is 78.3 Å². The summed E-state index contributed by atoms with van der Waals surface area (Å²) in [6.07, 6.45) is 0. The fraction of sp³-hybridized carbons (Fsp3) is 0.286. The van der Waals surface area contributed by atoms with Gasteiger partial charge in [0.25, 0.3) is 0 Å². The molecule has 0 aliphatic rings. The number of anilines is 1. The fourth-order valence-electron chi connectivity index (χ4n) is 2.83. The number of hydrogen-bond donors (Lipinski definition) is 1. The highest BCUT2D eigenvalue weighted by Gasteiger charge is 2.14. The molecular weight excluding hydrogens is 515 g/mol. The zero-order valence-corrected chi connectivity index (χ0v) is 20.2. The Bertz CT molecular complexity index is 1010. The average molecular weight is 538 g/mol. The van der Waals surface area contributed by atoms with Gasteiger partial charge >= 0.3 is 0 Å². The van der Waals surface area contributed by atoms with E-state index >= 15 is 0 Å². The molecule has 0 radical (unpaired) electrons. The monoisotopic (exact) mass is 538 g/mol. The van der Waals surface area contributed by atoms with Gasteiger partial charge in [-0.25, -0.2) is 0 Å². The Hall–Kier alpha value is -2.27. The van der Waals surface area contributed by atoms with E-state index in [1.807, 2.05) is 61.9 Å². The Morgan fingerprint density at radius 3 is 2.40 bits per heavy atom. The number of carbonyl (C=O) groups excluding carboxylic acids is 1. The summed E-state index contributed by atoms with van der Waals surface area (Å²) in [5, 5.41) is 12.0. The molecule has 158 valence electrons. The van der Waals surface area contributed by atoms with Crippen molar-refractivity contribution in [2.24, 2.45) is 7.05 Å². The first kappa shape index (κ1) is 22.4. The molecular formula is C21H23IN4O3S. The van der Waals surface area contributed by atoms with Crippen LogP contribution in [0.4, 0.5) is 5.69 Å². The molecule has 0 atom stereocenters. The minimum atomic E-state index is -0.0774. The minimum absolute atomic E-state index is 0.0774. The summed E-state index contributed by atoms with van der Waals surface area (Å²) in [7, 11) is 3.48. The highest BCUT2D eigenvalue weighted by Crippen LogP contribution is 2.24. The van der Waals surface area contributed by atoms with Crippen LogP contribution in [0.1, 0.15) is 17.0 Å². The lowest BCUT2D eigenvalue weighted by atomic mass is 10.1. The van der Waals surface area contributed by atoms with Crippen molar-refractivity contribution < 1.29 is 14.3 Å². The molecule has 0 saturated carbocycles. The van der Waals surface area contributed by atoms with Gasteiger partial charge in [-0.05, 0) is 84.0 Å². The number of nitrogens with one attached hydrogen (secondary N) is 1. The first-order valence-electron chi connectivity index (χ1n) is 9.22. The number of aromatic nitrogens is 3. The van der Waals surface area contributed by atoms with Gasteiger partial charge in [-0.1, -0.05) is 11.8 Å². The van der Waals surface area contributed by atoms with Crippen LogP contribution in [-0.4, -0.2) is 33.5 Å². The van der Waals surface area contributed by atoms with Crippen molar-refractivity contribution in [3.63, 3.8) is 0 Å². The van der Waals surface area contributed by atoms with Gasteiger partial charge in [0.05, 0.1) is 12.9 Å². The number of ether oxygens (including phenoxy) is 2. The first-order chi connectivity index (χ1) is 14.4. The zero-order valence-electron chi connectivity index (χ0n) is 17.2. The van der Waals surface area contributed by atoms with Gasteiger partial charge in [-0.15, -0.1) is 10.2 Å². The molecule has 0 saturated heterocycles. The van der Waals surface area contributed by atoms with Gasteiger partial charge in [-0.2, -0.15) is 0 Å². The third kappa shape index (κ3) is 5.66. The predicted molar refractivity (Wildman–Crippen MR) is 126 cm³/mol. The molecule has 2 aromatic carbocycles. The summed E-state index contributed by atoms with van der Waals surface area (Å²) < 4.78 is 13.9. The quantitative estimate of drug-likeness (QED) is 0.340. The number of carbonyl (C=O) groups is 1. The van der Waals surface area contributed by atoms with Crippen LogP contribution < -0.4 is 14.8 Å². The van der Waals surface area contributed by atoms with Crippen molar-refractivity contribution in [2.75, 3.05) is 18.2 Å². The number of halogens is 1. The predicted octanol–water partition coefficient (Wildman–Crippen LogP) is 4.35. The van der Waals surface area contributed by atoms with Gasteiger partial charge in [0, 0.05) is 16.3 Å². The van der Waals surface area contributed by atoms with Gasteiger partial charge in [-0.3, -0.25) is 4.79 Å². The van der Waals surface area contributed by atoms with Crippen molar-refractivity contribution in [3.05, 3.63) is 56.9 Å². The molecule has 1 heterocycles. The second kappa shape index (κ2) is 10.2. The van der Waals surface area contributed by atoms with Crippen LogP contribution in [0.25, 0.3) is 0 Å². The molecule has 1 N–H and O–H groups in total. The molecule has 1 aromatic heterocycles. The molecule has 0 bridgehead atoms. The van der Waals surface area contributed by atoms with E-state index in [2.05, 4.69) is 38.1 Å². The van der Waals surface area contributed by atoms with E-state index in [1.54, 1.807) is 7.11 Å². The number of rotatable bonds is 8. The normalized spacial score (nSPS) is 10.7. The maximum Gasteiger partial charge on any atom is 0.234 e. The van der Waals surface area contributed by atoms with Gasteiger partial charge < -0.3 is 19.4 Å². The Kier molecular flexibility index (Phi) is 7.59. The van der Waals surface area contributed by atoms with Crippen molar-refractivity contribution >= 4 is 45.9 Å². The average Bonchev–Trinajstić information content (AvgIpc) is 3.07. The minimum Gasteiger partial charge on any atom is -0.497 e. The van der Waals surface area contributed by atoms with Crippen molar-refractivity contribution in [1.29, 1.82) is 0 Å². The molecule has 3 rings (SSSR count). The number of aryl methyl sites for hydroxylation is 2. The highest BCUT2D eigenvalue weighted by atomic mass is 127. The Labute approximate surface area is 193 Å². The van der Waals surface area contributed by atoms with Crippen molar-refractivity contribution in [3.8, 4) is 11.5 Å². The number of benzene rings is 2. The van der Waals surface area contributed by atoms with Crippen LogP contribution in [-0.2, 0) is 18.4 Å². The summed E-state index contributed by atoms with van der Waals surface area (Å²) in [5.41, 5.74) is 2.97. The summed E-state index contributed by atoms with van der Waals surface area (Å²) in [6, 6.07) is 11.4. The van der Waals surface area contributed by atoms with Crippen LogP contribution in [0.15, 0.2) is 41.6 Å². The summed E-state index contributed by atoms with van der Waals surface area (Å²) >= 11 is 3.61.